The van der Waals surface area contributed by atoms with Crippen molar-refractivity contribution < 1.29 is 0 Å². The van der Waals surface area contributed by atoms with Crippen LogP contribution in [0.4, 0.5) is 0 Å². The first-order chi connectivity index (χ1) is 11.3. The van der Waals surface area contributed by atoms with Gasteiger partial charge >= 0.3 is 0 Å². The Kier molecular flexibility index (Phi) is 5.09. The Morgan fingerprint density at radius 2 is 2.22 bits per heavy atom. The lowest BCUT2D eigenvalue weighted by atomic mass is 9.97. The summed E-state index contributed by atoms with van der Waals surface area (Å²) < 4.78 is 4.01. The Hall–Kier alpha value is -2.13. The molecule has 0 N–H and O–H groups in total. The zero-order chi connectivity index (χ0) is 16.1. The van der Waals surface area contributed by atoms with Crippen LogP contribution in [0.15, 0.2) is 18.5 Å². The quantitative estimate of drug-likeness (QED) is 0.806. The van der Waals surface area contributed by atoms with Crippen molar-refractivity contribution >= 4 is 0 Å². The van der Waals surface area contributed by atoms with E-state index in [4.69, 9.17) is 0 Å². The van der Waals surface area contributed by atoms with Crippen LogP contribution in [0.5, 0.6) is 0 Å². The molecule has 0 unspecified atom stereocenters. The van der Waals surface area contributed by atoms with Gasteiger partial charge in [0.15, 0.2) is 5.82 Å². The van der Waals surface area contributed by atoms with Crippen LogP contribution in [-0.2, 0) is 13.6 Å². The van der Waals surface area contributed by atoms with Gasteiger partial charge in [0.1, 0.15) is 12.4 Å². The minimum absolute atomic E-state index is 0.441. The number of nitrogens with zero attached hydrogens (tertiary/aromatic N) is 6. The summed E-state index contributed by atoms with van der Waals surface area (Å²) in [7, 11) is 2.06. The summed E-state index contributed by atoms with van der Waals surface area (Å²) in [6, 6.07) is 1.92. The van der Waals surface area contributed by atoms with Gasteiger partial charge in [-0.05, 0) is 25.5 Å². The Balaban J connectivity index is 1.67. The summed E-state index contributed by atoms with van der Waals surface area (Å²) in [5.74, 6) is 8.88. The van der Waals surface area contributed by atoms with Crippen LogP contribution >= 0.6 is 0 Å². The Bertz CT molecular complexity index is 676. The number of likely N-dealkylation sites (tertiary alicyclic amines) is 1. The Morgan fingerprint density at radius 1 is 1.30 bits per heavy atom. The molecular formula is C17H24N6. The second-order valence-electron chi connectivity index (χ2n) is 6.02. The van der Waals surface area contributed by atoms with E-state index in [1.165, 1.54) is 12.8 Å². The zero-order valence-electron chi connectivity index (χ0n) is 13.9. The molecule has 3 rings (SSSR count). The second kappa shape index (κ2) is 7.42. The lowest BCUT2D eigenvalue weighted by Crippen LogP contribution is -2.35. The predicted octanol–water partition coefficient (Wildman–Crippen LogP) is 1.65. The van der Waals surface area contributed by atoms with Crippen molar-refractivity contribution in [1.29, 1.82) is 0 Å². The summed E-state index contributed by atoms with van der Waals surface area (Å²) in [5, 5.41) is 13.1. The summed E-state index contributed by atoms with van der Waals surface area (Å²) in [6.07, 6.45) is 7.03. The average molecular weight is 312 g/mol. The van der Waals surface area contributed by atoms with E-state index in [0.717, 1.165) is 37.7 Å². The highest BCUT2D eigenvalue weighted by molar-refractivity contribution is 5.06. The number of hydrogen-bond acceptors (Lipinski definition) is 4. The molecule has 23 heavy (non-hydrogen) atoms. The van der Waals surface area contributed by atoms with Crippen LogP contribution in [0.2, 0.25) is 0 Å². The third kappa shape index (κ3) is 3.80. The van der Waals surface area contributed by atoms with Gasteiger partial charge in [0, 0.05) is 38.3 Å². The number of rotatable bonds is 4. The van der Waals surface area contributed by atoms with E-state index >= 15 is 0 Å². The van der Waals surface area contributed by atoms with Gasteiger partial charge in [-0.15, -0.1) is 16.1 Å². The molecule has 122 valence electrons. The molecule has 0 spiro atoms. The third-order valence-electron chi connectivity index (χ3n) is 4.34. The van der Waals surface area contributed by atoms with Crippen molar-refractivity contribution in [1.82, 2.24) is 29.4 Å². The third-order valence-corrected chi connectivity index (χ3v) is 4.34. The standard InChI is InChI=1S/C17H24N6/c1-3-4-5-10-22-11-6-8-15(13-22)17-20-19-16(21(17)2)14-23-12-7-9-18-23/h7,9,12,15H,3,6,8,10-11,13-14H2,1-2H3/t15-/m0/s1. The van der Waals surface area contributed by atoms with Crippen LogP contribution in [0.3, 0.4) is 0 Å². The van der Waals surface area contributed by atoms with Crippen molar-refractivity contribution in [3.8, 4) is 11.8 Å². The SMILES string of the molecule is CCC#CCN1CCC[C@H](c2nnc(Cn3cccn3)n2C)C1. The predicted molar refractivity (Wildman–Crippen MR) is 88.8 cm³/mol. The molecule has 0 radical (unpaired) electrons. The molecule has 0 amide bonds. The van der Waals surface area contributed by atoms with Crippen molar-refractivity contribution in [2.45, 2.75) is 38.6 Å². The monoisotopic (exact) mass is 312 g/mol. The first kappa shape index (κ1) is 15.8. The molecule has 1 fully saturated rings. The molecule has 1 aliphatic rings. The maximum Gasteiger partial charge on any atom is 0.154 e. The molecule has 0 aliphatic carbocycles. The van der Waals surface area contributed by atoms with Crippen LogP contribution < -0.4 is 0 Å². The summed E-state index contributed by atoms with van der Waals surface area (Å²) in [5.41, 5.74) is 0. The topological polar surface area (TPSA) is 51.8 Å². The summed E-state index contributed by atoms with van der Waals surface area (Å²) >= 11 is 0. The van der Waals surface area contributed by atoms with Gasteiger partial charge in [-0.3, -0.25) is 9.58 Å². The molecule has 1 atom stereocenters. The molecule has 6 heteroatoms. The smallest absolute Gasteiger partial charge is 0.154 e. The van der Waals surface area contributed by atoms with E-state index < -0.39 is 0 Å². The van der Waals surface area contributed by atoms with Gasteiger partial charge in [-0.25, -0.2) is 0 Å². The lowest BCUT2D eigenvalue weighted by molar-refractivity contribution is 0.224. The normalized spacial score (nSPS) is 18.6. The minimum Gasteiger partial charge on any atom is -0.316 e. The summed E-state index contributed by atoms with van der Waals surface area (Å²) in [6.45, 7) is 5.77. The van der Waals surface area contributed by atoms with E-state index in [-0.39, 0.29) is 0 Å². The number of piperidine rings is 1. The van der Waals surface area contributed by atoms with Crippen LogP contribution in [-0.4, -0.2) is 49.1 Å². The van der Waals surface area contributed by atoms with Gasteiger partial charge in [0.25, 0.3) is 0 Å². The van der Waals surface area contributed by atoms with Gasteiger partial charge in [0.2, 0.25) is 0 Å². The molecular weight excluding hydrogens is 288 g/mol. The van der Waals surface area contributed by atoms with E-state index in [1.54, 1.807) is 6.20 Å². The second-order valence-corrected chi connectivity index (χ2v) is 6.02. The summed E-state index contributed by atoms with van der Waals surface area (Å²) in [4.78, 5) is 2.43. The van der Waals surface area contributed by atoms with Crippen molar-refractivity contribution in [3.05, 3.63) is 30.1 Å². The molecule has 1 aliphatic heterocycles. The van der Waals surface area contributed by atoms with Crippen LogP contribution in [0.25, 0.3) is 0 Å². The average Bonchev–Trinajstić information content (AvgIpc) is 3.19. The maximum absolute atomic E-state index is 4.46. The van der Waals surface area contributed by atoms with Gasteiger partial charge in [-0.1, -0.05) is 12.8 Å². The molecule has 0 saturated carbocycles. The molecule has 1 saturated heterocycles. The van der Waals surface area contributed by atoms with Crippen molar-refractivity contribution in [2.75, 3.05) is 19.6 Å². The molecule has 0 bridgehead atoms. The highest BCUT2D eigenvalue weighted by atomic mass is 15.3. The lowest BCUT2D eigenvalue weighted by Gasteiger charge is -2.30. The Labute approximate surface area is 137 Å². The minimum atomic E-state index is 0.441. The molecule has 3 heterocycles. The van der Waals surface area contributed by atoms with Gasteiger partial charge in [-0.2, -0.15) is 5.10 Å². The first-order valence-electron chi connectivity index (χ1n) is 8.31. The molecule has 2 aromatic heterocycles. The van der Waals surface area contributed by atoms with Crippen LogP contribution in [0, 0.1) is 11.8 Å². The van der Waals surface area contributed by atoms with Crippen molar-refractivity contribution in [2.24, 2.45) is 7.05 Å². The van der Waals surface area contributed by atoms with E-state index in [2.05, 4.69) is 50.6 Å². The van der Waals surface area contributed by atoms with E-state index in [1.807, 2.05) is 16.9 Å². The number of hydrogen-bond donors (Lipinski definition) is 0. The van der Waals surface area contributed by atoms with Gasteiger partial charge < -0.3 is 4.57 Å². The van der Waals surface area contributed by atoms with Crippen LogP contribution in [0.1, 0.15) is 43.8 Å². The van der Waals surface area contributed by atoms with E-state index in [9.17, 15) is 0 Å². The first-order valence-corrected chi connectivity index (χ1v) is 8.31. The highest BCUT2D eigenvalue weighted by Gasteiger charge is 2.25. The largest absolute Gasteiger partial charge is 0.316 e. The zero-order valence-corrected chi connectivity index (χ0v) is 13.9. The molecule has 6 nitrogen and oxygen atoms in total. The number of aromatic nitrogens is 5. The van der Waals surface area contributed by atoms with Crippen molar-refractivity contribution in [3.63, 3.8) is 0 Å². The maximum atomic E-state index is 4.46. The van der Waals surface area contributed by atoms with Gasteiger partial charge in [0.05, 0.1) is 6.54 Å². The Morgan fingerprint density at radius 3 is 3.00 bits per heavy atom. The molecule has 0 aromatic carbocycles. The molecule has 2 aromatic rings. The fraction of sp³-hybridized carbons (Fsp3) is 0.588. The highest BCUT2D eigenvalue weighted by Crippen LogP contribution is 2.25. The van der Waals surface area contributed by atoms with E-state index in [0.29, 0.717) is 12.5 Å². The fourth-order valence-corrected chi connectivity index (χ4v) is 3.11. The fourth-order valence-electron chi connectivity index (χ4n) is 3.11.